The number of nitrogens with one attached hydrogen (secondary N) is 1. The van der Waals surface area contributed by atoms with E-state index in [4.69, 9.17) is 10.2 Å². The zero-order chi connectivity index (χ0) is 29.4. The third kappa shape index (κ3) is 3.41. The summed E-state index contributed by atoms with van der Waals surface area (Å²) in [6.45, 7) is 16.0. The first kappa shape index (κ1) is 27.8. The van der Waals surface area contributed by atoms with Crippen molar-refractivity contribution in [1.82, 2.24) is 20.0 Å². The van der Waals surface area contributed by atoms with Crippen molar-refractivity contribution in [3.63, 3.8) is 0 Å². The van der Waals surface area contributed by atoms with Crippen molar-refractivity contribution in [1.29, 1.82) is 10.5 Å². The minimum absolute atomic E-state index is 0.0414. The van der Waals surface area contributed by atoms with Gasteiger partial charge in [-0.1, -0.05) is 67.5 Å². The number of ketones is 2. The zero-order valence-corrected chi connectivity index (χ0v) is 24.8. The van der Waals surface area contributed by atoms with Crippen molar-refractivity contribution in [3.8, 4) is 18.0 Å². The van der Waals surface area contributed by atoms with E-state index in [1.807, 2.05) is 64.6 Å². The average molecular weight is 539 g/mol. The summed E-state index contributed by atoms with van der Waals surface area (Å²) < 4.78 is 1.84. The van der Waals surface area contributed by atoms with Crippen LogP contribution >= 0.6 is 0 Å². The standard InChI is InChI=1S/C30H32N6O2.C2H6/c1-27(2)20-9-7-16-15-36(35-22(16)29(20,5)11-17(13-31)24(27)37)26-19-8-10-21-28(3,4)25(38)18(14-32)12-30(21,6)23(19)33-34-26;1-2/h11-12,15,20-21H,7-10H2,1-6H3,(H,33,34);1-2H3. The number of hydrogen-bond acceptors (Lipinski definition) is 6. The summed E-state index contributed by atoms with van der Waals surface area (Å²) in [6.07, 6.45) is 8.90. The van der Waals surface area contributed by atoms with E-state index in [-0.39, 0.29) is 34.5 Å². The van der Waals surface area contributed by atoms with Crippen molar-refractivity contribution in [2.75, 3.05) is 0 Å². The smallest absolute Gasteiger partial charge is 0.178 e. The van der Waals surface area contributed by atoms with Gasteiger partial charge in [0.05, 0.1) is 22.5 Å². The Morgan fingerprint density at radius 1 is 0.875 bits per heavy atom. The van der Waals surface area contributed by atoms with Gasteiger partial charge in [0.2, 0.25) is 0 Å². The largest absolute Gasteiger partial charge is 0.293 e. The van der Waals surface area contributed by atoms with Gasteiger partial charge < -0.3 is 0 Å². The molecule has 0 aromatic carbocycles. The molecule has 0 fully saturated rings. The lowest BCUT2D eigenvalue weighted by Gasteiger charge is -2.49. The molecule has 4 unspecified atom stereocenters. The molecule has 2 aromatic heterocycles. The van der Waals surface area contributed by atoms with E-state index in [1.165, 1.54) is 0 Å². The predicted octanol–water partition coefficient (Wildman–Crippen LogP) is 5.38. The Morgan fingerprint density at radius 3 is 1.98 bits per heavy atom. The molecule has 0 saturated heterocycles. The second kappa shape index (κ2) is 8.86. The molecule has 4 atom stereocenters. The molecular formula is C32H38N6O2. The van der Waals surface area contributed by atoms with Gasteiger partial charge >= 0.3 is 0 Å². The van der Waals surface area contributed by atoms with E-state index in [1.54, 1.807) is 0 Å². The first-order valence-electron chi connectivity index (χ1n) is 14.3. The van der Waals surface area contributed by atoms with Gasteiger partial charge in [-0.3, -0.25) is 14.7 Å². The van der Waals surface area contributed by atoms with Crippen LogP contribution < -0.4 is 0 Å². The van der Waals surface area contributed by atoms with Crippen LogP contribution in [-0.4, -0.2) is 31.5 Å². The second-order valence-corrected chi connectivity index (χ2v) is 13.0. The number of hydrogen-bond donors (Lipinski definition) is 1. The van der Waals surface area contributed by atoms with Crippen LogP contribution in [0.15, 0.2) is 29.5 Å². The minimum Gasteiger partial charge on any atom is -0.293 e. The Hall–Kier alpha value is -3.78. The van der Waals surface area contributed by atoms with E-state index in [0.29, 0.717) is 0 Å². The number of fused-ring (bicyclic) bond motifs is 6. The Morgan fingerprint density at radius 2 is 1.40 bits per heavy atom. The number of H-pyrrole nitrogens is 1. The van der Waals surface area contributed by atoms with Crippen molar-refractivity contribution in [3.05, 3.63) is 52.0 Å². The number of carbonyl (C=O) groups excluding carboxylic acids is 2. The molecule has 1 N–H and O–H groups in total. The lowest BCUT2D eigenvalue weighted by molar-refractivity contribution is -0.129. The normalized spacial score (nSPS) is 31.1. The van der Waals surface area contributed by atoms with Crippen LogP contribution in [0.5, 0.6) is 0 Å². The number of aromatic amines is 1. The molecule has 8 nitrogen and oxygen atoms in total. The maximum atomic E-state index is 13.0. The minimum atomic E-state index is -0.652. The lowest BCUT2D eigenvalue weighted by atomic mass is 9.52. The monoisotopic (exact) mass is 538 g/mol. The Kier molecular flexibility index (Phi) is 6.15. The average Bonchev–Trinajstić information content (AvgIpc) is 3.55. The zero-order valence-electron chi connectivity index (χ0n) is 24.8. The number of carbonyl (C=O) groups is 2. The Labute approximate surface area is 236 Å². The summed E-state index contributed by atoms with van der Waals surface area (Å²) in [5, 5.41) is 32.5. The van der Waals surface area contributed by atoms with E-state index in [9.17, 15) is 20.1 Å². The second-order valence-electron chi connectivity index (χ2n) is 13.0. The highest BCUT2D eigenvalue weighted by Crippen LogP contribution is 2.56. The molecule has 8 heteroatoms. The van der Waals surface area contributed by atoms with Gasteiger partial charge in [-0.15, -0.1) is 0 Å². The van der Waals surface area contributed by atoms with E-state index in [0.717, 1.165) is 54.0 Å². The van der Waals surface area contributed by atoms with Gasteiger partial charge in [0.25, 0.3) is 0 Å². The molecule has 0 radical (unpaired) electrons. The lowest BCUT2D eigenvalue weighted by Crippen LogP contribution is -2.51. The topological polar surface area (TPSA) is 128 Å². The SMILES string of the molecule is CC.CC1(C)C(=O)C(C#N)=CC2(C)c3nn(-c4n[nH]c5c4CCC4C(C)(C)C(=O)C(C#N)=CC54C)cc3CCC12. The fraction of sp³-hybridized carbons (Fsp3) is 0.562. The van der Waals surface area contributed by atoms with E-state index >= 15 is 0 Å². The molecule has 0 saturated carbocycles. The molecule has 0 bridgehead atoms. The number of rotatable bonds is 1. The molecule has 0 spiro atoms. The first-order chi connectivity index (χ1) is 18.8. The number of allylic oxidation sites excluding steroid dienone is 4. The fourth-order valence-electron chi connectivity index (χ4n) is 8.38. The Balaban J connectivity index is 0.00000158. The van der Waals surface area contributed by atoms with E-state index in [2.05, 4.69) is 31.1 Å². The molecule has 4 aliphatic carbocycles. The number of nitrogens with zero attached hydrogens (tertiary/aromatic N) is 5. The van der Waals surface area contributed by atoms with Gasteiger partial charge in [-0.05, 0) is 43.1 Å². The predicted molar refractivity (Wildman–Crippen MR) is 150 cm³/mol. The molecule has 208 valence electrons. The fourth-order valence-corrected chi connectivity index (χ4v) is 8.38. The summed E-state index contributed by atoms with van der Waals surface area (Å²) in [5.74, 6) is 0.633. The van der Waals surface area contributed by atoms with Gasteiger partial charge in [-0.2, -0.15) is 20.7 Å². The van der Waals surface area contributed by atoms with Crippen molar-refractivity contribution in [2.24, 2.45) is 22.7 Å². The molecule has 6 rings (SSSR count). The van der Waals surface area contributed by atoms with Crippen LogP contribution in [0.25, 0.3) is 5.82 Å². The summed E-state index contributed by atoms with van der Waals surface area (Å²) in [5.41, 5.74) is 2.05. The van der Waals surface area contributed by atoms with Crippen molar-refractivity contribution < 1.29 is 9.59 Å². The summed E-state index contributed by atoms with van der Waals surface area (Å²) in [4.78, 5) is 26.0. The summed E-state index contributed by atoms with van der Waals surface area (Å²) >= 11 is 0. The molecule has 2 aromatic rings. The molecular weight excluding hydrogens is 500 g/mol. The third-order valence-electron chi connectivity index (χ3n) is 10.3. The van der Waals surface area contributed by atoms with Crippen LogP contribution in [0.4, 0.5) is 0 Å². The summed E-state index contributed by atoms with van der Waals surface area (Å²) in [7, 11) is 0. The van der Waals surface area contributed by atoms with Crippen LogP contribution in [-0.2, 0) is 33.3 Å². The van der Waals surface area contributed by atoms with Gasteiger partial charge in [-0.25, -0.2) is 4.68 Å². The van der Waals surface area contributed by atoms with Crippen LogP contribution in [0, 0.1) is 45.3 Å². The number of aryl methyl sites for hydroxylation is 1. The highest BCUT2D eigenvalue weighted by atomic mass is 16.1. The Bertz CT molecular complexity index is 1590. The van der Waals surface area contributed by atoms with E-state index < -0.39 is 21.7 Å². The number of nitriles is 2. The molecule has 0 amide bonds. The van der Waals surface area contributed by atoms with Crippen LogP contribution in [0.1, 0.15) is 90.7 Å². The molecule has 40 heavy (non-hydrogen) atoms. The van der Waals surface area contributed by atoms with Gasteiger partial charge in [0.15, 0.2) is 17.4 Å². The summed E-state index contributed by atoms with van der Waals surface area (Å²) in [6, 6.07) is 4.26. The quantitative estimate of drug-likeness (QED) is 0.519. The van der Waals surface area contributed by atoms with Gasteiger partial charge in [0, 0.05) is 33.4 Å². The maximum Gasteiger partial charge on any atom is 0.178 e. The van der Waals surface area contributed by atoms with Crippen molar-refractivity contribution in [2.45, 2.75) is 91.9 Å². The third-order valence-corrected chi connectivity index (χ3v) is 10.3. The number of aromatic nitrogens is 4. The first-order valence-corrected chi connectivity index (χ1v) is 14.3. The number of Topliss-reactive ketones (excluding diaryl/α,β-unsaturated/α-hetero) is 2. The van der Waals surface area contributed by atoms with Crippen molar-refractivity contribution >= 4 is 11.6 Å². The maximum absolute atomic E-state index is 13.0. The van der Waals surface area contributed by atoms with Crippen LogP contribution in [0.3, 0.4) is 0 Å². The van der Waals surface area contributed by atoms with Gasteiger partial charge in [0.1, 0.15) is 12.1 Å². The highest BCUT2D eigenvalue weighted by molar-refractivity contribution is 6.05. The van der Waals surface area contributed by atoms with Crippen LogP contribution in [0.2, 0.25) is 0 Å². The highest BCUT2D eigenvalue weighted by Gasteiger charge is 2.56. The molecule has 2 heterocycles. The molecule has 0 aliphatic heterocycles. The molecule has 4 aliphatic rings.